The van der Waals surface area contributed by atoms with E-state index in [1.54, 1.807) is 0 Å². The van der Waals surface area contributed by atoms with Gasteiger partial charge in [0, 0.05) is 54.3 Å². The molecule has 2 unspecified atom stereocenters. The topological polar surface area (TPSA) is 25.2 Å². The Hall–Kier alpha value is -2.39. The lowest BCUT2D eigenvalue weighted by molar-refractivity contribution is 0.0678. The van der Waals surface area contributed by atoms with Crippen LogP contribution in [0.3, 0.4) is 0 Å². The predicted octanol–water partition coefficient (Wildman–Crippen LogP) is 4.80. The largest absolute Gasteiger partial charge is 0.351 e. The molecule has 0 aliphatic carbocycles. The first-order valence-corrected chi connectivity index (χ1v) is 10.1. The van der Waals surface area contributed by atoms with Crippen LogP contribution in [-0.4, -0.2) is 27.3 Å². The number of piperidine rings is 1. The number of hydrogen-bond donors (Lipinski definition) is 0. The van der Waals surface area contributed by atoms with E-state index >= 15 is 0 Å². The van der Waals surface area contributed by atoms with Crippen molar-refractivity contribution in [3.05, 3.63) is 71.9 Å². The molecular weight excluding hydrogens is 332 g/mol. The van der Waals surface area contributed by atoms with Crippen LogP contribution in [0.15, 0.2) is 60.8 Å². The molecule has 0 saturated carbocycles. The SMILES string of the molecule is Cn1ccc2cc(C(=O)C3CC4CCC(C3)N4Cc3ccccc3)ccc21. The minimum absolute atomic E-state index is 0.177. The quantitative estimate of drug-likeness (QED) is 0.626. The van der Waals surface area contributed by atoms with Gasteiger partial charge < -0.3 is 4.57 Å². The van der Waals surface area contributed by atoms with Gasteiger partial charge in [-0.2, -0.15) is 0 Å². The monoisotopic (exact) mass is 358 g/mol. The number of carbonyl (C=O) groups is 1. The second kappa shape index (κ2) is 6.65. The molecule has 2 aromatic carbocycles. The highest BCUT2D eigenvalue weighted by Crippen LogP contribution is 2.40. The van der Waals surface area contributed by atoms with Crippen LogP contribution in [0.1, 0.15) is 41.6 Å². The first-order chi connectivity index (χ1) is 13.2. The zero-order valence-corrected chi connectivity index (χ0v) is 15.8. The number of ketones is 1. The van der Waals surface area contributed by atoms with E-state index in [1.165, 1.54) is 23.9 Å². The Balaban J connectivity index is 1.33. The molecule has 3 heterocycles. The van der Waals surface area contributed by atoms with Crippen LogP contribution in [0, 0.1) is 5.92 Å². The van der Waals surface area contributed by atoms with Gasteiger partial charge in [0.15, 0.2) is 5.78 Å². The van der Waals surface area contributed by atoms with E-state index in [0.29, 0.717) is 17.9 Å². The molecule has 27 heavy (non-hydrogen) atoms. The normalized spacial score (nSPS) is 25.1. The molecular formula is C24H26N2O. The number of Topliss-reactive ketones (excluding diaryl/α,β-unsaturated/α-hetero) is 1. The van der Waals surface area contributed by atoms with Gasteiger partial charge >= 0.3 is 0 Å². The standard InChI is InChI=1S/C24H26N2O/c1-25-12-11-18-13-19(7-10-23(18)25)24(27)20-14-21-8-9-22(15-20)26(21)16-17-5-3-2-4-6-17/h2-7,10-13,20-22H,8-9,14-16H2,1H3. The molecule has 5 rings (SSSR count). The van der Waals surface area contributed by atoms with E-state index in [1.807, 2.05) is 13.1 Å². The number of benzene rings is 2. The molecule has 2 aliphatic heterocycles. The maximum atomic E-state index is 13.2. The smallest absolute Gasteiger partial charge is 0.166 e. The van der Waals surface area contributed by atoms with Crippen LogP contribution in [0.25, 0.3) is 10.9 Å². The average molecular weight is 358 g/mol. The molecule has 0 radical (unpaired) electrons. The summed E-state index contributed by atoms with van der Waals surface area (Å²) in [5.74, 6) is 0.521. The molecule has 2 aliphatic rings. The first kappa shape index (κ1) is 16.8. The Bertz CT molecular complexity index is 960. The van der Waals surface area contributed by atoms with Gasteiger partial charge in [0.2, 0.25) is 0 Å². The third-order valence-electron chi connectivity index (χ3n) is 6.63. The number of aryl methyl sites for hydroxylation is 1. The summed E-state index contributed by atoms with van der Waals surface area (Å²) in [5.41, 5.74) is 3.45. The van der Waals surface area contributed by atoms with Crippen molar-refractivity contribution in [2.75, 3.05) is 0 Å². The lowest BCUT2D eigenvalue weighted by Gasteiger charge is -2.38. The Morgan fingerprint density at radius 3 is 2.48 bits per heavy atom. The van der Waals surface area contributed by atoms with Gasteiger partial charge in [-0.05, 0) is 55.5 Å². The Kier molecular flexibility index (Phi) is 4.13. The number of hydrogen-bond acceptors (Lipinski definition) is 2. The van der Waals surface area contributed by atoms with Crippen LogP contribution in [-0.2, 0) is 13.6 Å². The van der Waals surface area contributed by atoms with Crippen molar-refractivity contribution < 1.29 is 4.79 Å². The van der Waals surface area contributed by atoms with Crippen molar-refractivity contribution >= 4 is 16.7 Å². The van der Waals surface area contributed by atoms with Crippen molar-refractivity contribution in [1.82, 2.24) is 9.47 Å². The number of carbonyl (C=O) groups excluding carboxylic acids is 1. The molecule has 3 heteroatoms. The Morgan fingerprint density at radius 1 is 1.00 bits per heavy atom. The summed E-state index contributed by atoms with van der Waals surface area (Å²) in [7, 11) is 2.05. The van der Waals surface area contributed by atoms with Crippen molar-refractivity contribution in [2.24, 2.45) is 13.0 Å². The lowest BCUT2D eigenvalue weighted by Crippen LogP contribution is -2.44. The Morgan fingerprint density at radius 2 is 1.74 bits per heavy atom. The number of rotatable bonds is 4. The molecule has 2 bridgehead atoms. The van der Waals surface area contributed by atoms with Gasteiger partial charge in [0.05, 0.1) is 0 Å². The van der Waals surface area contributed by atoms with Crippen LogP contribution in [0.5, 0.6) is 0 Å². The van der Waals surface area contributed by atoms with Crippen molar-refractivity contribution in [1.29, 1.82) is 0 Å². The highest BCUT2D eigenvalue weighted by atomic mass is 16.1. The zero-order chi connectivity index (χ0) is 18.4. The minimum Gasteiger partial charge on any atom is -0.351 e. The molecule has 3 aromatic rings. The van der Waals surface area contributed by atoms with Crippen LogP contribution in [0.4, 0.5) is 0 Å². The summed E-state index contributed by atoms with van der Waals surface area (Å²) in [6.07, 6.45) is 6.54. The molecule has 2 atom stereocenters. The van der Waals surface area contributed by atoms with E-state index in [0.717, 1.165) is 30.3 Å². The molecule has 3 nitrogen and oxygen atoms in total. The second-order valence-electron chi connectivity index (χ2n) is 8.28. The fourth-order valence-corrected chi connectivity index (χ4v) is 5.21. The van der Waals surface area contributed by atoms with Gasteiger partial charge in [-0.1, -0.05) is 30.3 Å². The van der Waals surface area contributed by atoms with Gasteiger partial charge in [-0.3, -0.25) is 9.69 Å². The maximum Gasteiger partial charge on any atom is 0.166 e. The van der Waals surface area contributed by atoms with Crippen LogP contribution < -0.4 is 0 Å². The average Bonchev–Trinajstić information content (AvgIpc) is 3.16. The van der Waals surface area contributed by atoms with Crippen molar-refractivity contribution in [3.63, 3.8) is 0 Å². The van der Waals surface area contributed by atoms with E-state index in [2.05, 4.69) is 64.2 Å². The van der Waals surface area contributed by atoms with E-state index in [9.17, 15) is 4.79 Å². The van der Waals surface area contributed by atoms with Crippen LogP contribution >= 0.6 is 0 Å². The lowest BCUT2D eigenvalue weighted by atomic mass is 9.84. The number of aromatic nitrogens is 1. The highest BCUT2D eigenvalue weighted by Gasteiger charge is 2.42. The first-order valence-electron chi connectivity index (χ1n) is 10.1. The molecule has 1 aromatic heterocycles. The second-order valence-corrected chi connectivity index (χ2v) is 8.28. The minimum atomic E-state index is 0.177. The zero-order valence-electron chi connectivity index (χ0n) is 15.8. The van der Waals surface area contributed by atoms with Gasteiger partial charge in [0.25, 0.3) is 0 Å². The number of nitrogens with zero attached hydrogens (tertiary/aromatic N) is 2. The summed E-state index contributed by atoms with van der Waals surface area (Å²) in [6.45, 7) is 1.02. The van der Waals surface area contributed by atoms with Gasteiger partial charge in [-0.15, -0.1) is 0 Å². The van der Waals surface area contributed by atoms with Gasteiger partial charge in [-0.25, -0.2) is 0 Å². The summed E-state index contributed by atoms with van der Waals surface area (Å²) in [4.78, 5) is 15.9. The van der Waals surface area contributed by atoms with E-state index < -0.39 is 0 Å². The van der Waals surface area contributed by atoms with Crippen molar-refractivity contribution in [3.8, 4) is 0 Å². The van der Waals surface area contributed by atoms with Crippen LogP contribution in [0.2, 0.25) is 0 Å². The fraction of sp³-hybridized carbons (Fsp3) is 0.375. The molecule has 2 saturated heterocycles. The third-order valence-corrected chi connectivity index (χ3v) is 6.63. The third kappa shape index (κ3) is 3.00. The summed E-state index contributed by atoms with van der Waals surface area (Å²) in [6, 6.07) is 20.1. The summed E-state index contributed by atoms with van der Waals surface area (Å²) >= 11 is 0. The summed E-state index contributed by atoms with van der Waals surface area (Å²) in [5, 5.41) is 1.16. The van der Waals surface area contributed by atoms with Gasteiger partial charge in [0.1, 0.15) is 0 Å². The fourth-order valence-electron chi connectivity index (χ4n) is 5.21. The maximum absolute atomic E-state index is 13.2. The molecule has 2 fully saturated rings. The van der Waals surface area contributed by atoms with E-state index in [-0.39, 0.29) is 5.92 Å². The highest BCUT2D eigenvalue weighted by molar-refractivity contribution is 6.01. The molecule has 0 spiro atoms. The molecule has 138 valence electrons. The molecule has 0 amide bonds. The van der Waals surface area contributed by atoms with E-state index in [4.69, 9.17) is 0 Å². The summed E-state index contributed by atoms with van der Waals surface area (Å²) < 4.78 is 2.10. The number of fused-ring (bicyclic) bond motifs is 3. The van der Waals surface area contributed by atoms with Crippen molar-refractivity contribution in [2.45, 2.75) is 44.3 Å². The predicted molar refractivity (Wildman–Crippen MR) is 109 cm³/mol. The Labute approximate surface area is 160 Å². The molecule has 0 N–H and O–H groups in total.